The molecule has 1 fully saturated rings. The van der Waals surface area contributed by atoms with Crippen molar-refractivity contribution >= 4 is 33.9 Å². The Kier molecular flexibility index (Phi) is 4.79. The molecule has 1 aliphatic heterocycles. The molecule has 1 saturated heterocycles. The molecule has 0 aliphatic carbocycles. The van der Waals surface area contributed by atoms with E-state index in [2.05, 4.69) is 20.7 Å². The molecule has 0 aromatic heterocycles. The summed E-state index contributed by atoms with van der Waals surface area (Å²) in [4.78, 5) is 35.7. The van der Waals surface area contributed by atoms with Crippen LogP contribution in [0.4, 0.5) is 4.79 Å². The van der Waals surface area contributed by atoms with Crippen molar-refractivity contribution in [3.8, 4) is 5.75 Å². The number of ether oxygens (including phenoxy) is 3. The van der Waals surface area contributed by atoms with Crippen LogP contribution < -0.4 is 4.74 Å². The Labute approximate surface area is 128 Å². The molecule has 112 valence electrons. The normalized spacial score (nSPS) is 13.8. The average molecular weight is 358 g/mol. The van der Waals surface area contributed by atoms with Crippen LogP contribution in [0.3, 0.4) is 0 Å². The first kappa shape index (κ1) is 15.3. The van der Waals surface area contributed by atoms with Crippen molar-refractivity contribution in [2.45, 2.75) is 0 Å². The standard InChI is InChI=1S/C13H12BrNO6/c1-19-8-2-3-10(14)9(6-8)12(17)21-7-11(16)15-4-5-20-13(15)18/h2-3,6H,4-5,7H2,1H3. The van der Waals surface area contributed by atoms with Crippen LogP contribution in [0.1, 0.15) is 10.4 Å². The van der Waals surface area contributed by atoms with E-state index in [1.54, 1.807) is 12.1 Å². The zero-order chi connectivity index (χ0) is 15.4. The second kappa shape index (κ2) is 6.57. The summed E-state index contributed by atoms with van der Waals surface area (Å²) >= 11 is 3.22. The van der Waals surface area contributed by atoms with Gasteiger partial charge in [-0.3, -0.25) is 4.79 Å². The van der Waals surface area contributed by atoms with Gasteiger partial charge in [-0.2, -0.15) is 0 Å². The van der Waals surface area contributed by atoms with Gasteiger partial charge in [-0.25, -0.2) is 14.5 Å². The number of benzene rings is 1. The van der Waals surface area contributed by atoms with Crippen LogP contribution in [-0.2, 0) is 14.3 Å². The van der Waals surface area contributed by atoms with Crippen molar-refractivity contribution in [1.82, 2.24) is 4.90 Å². The van der Waals surface area contributed by atoms with Gasteiger partial charge in [0, 0.05) is 4.47 Å². The minimum atomic E-state index is -0.724. The molecule has 0 spiro atoms. The second-order valence-electron chi connectivity index (χ2n) is 4.08. The maximum atomic E-state index is 11.9. The first-order chi connectivity index (χ1) is 10.0. The Morgan fingerprint density at radius 2 is 2.19 bits per heavy atom. The number of hydrogen-bond donors (Lipinski definition) is 0. The van der Waals surface area contributed by atoms with Crippen molar-refractivity contribution in [2.75, 3.05) is 26.9 Å². The number of halogens is 1. The molecule has 1 aromatic carbocycles. The summed E-state index contributed by atoms with van der Waals surface area (Å²) in [6, 6.07) is 4.79. The summed E-state index contributed by atoms with van der Waals surface area (Å²) < 4.78 is 15.1. The van der Waals surface area contributed by atoms with E-state index in [0.717, 1.165) is 4.90 Å². The SMILES string of the molecule is COc1ccc(Br)c(C(=O)OCC(=O)N2CCOC2=O)c1. The lowest BCUT2D eigenvalue weighted by atomic mass is 10.2. The number of imide groups is 1. The molecule has 0 unspecified atom stereocenters. The zero-order valence-corrected chi connectivity index (χ0v) is 12.7. The number of hydrogen-bond acceptors (Lipinski definition) is 6. The van der Waals surface area contributed by atoms with Crippen molar-refractivity contribution in [1.29, 1.82) is 0 Å². The summed E-state index contributed by atoms with van der Waals surface area (Å²) in [6.07, 6.45) is -0.724. The molecule has 1 aliphatic rings. The van der Waals surface area contributed by atoms with Crippen molar-refractivity contribution in [3.05, 3.63) is 28.2 Å². The van der Waals surface area contributed by atoms with Gasteiger partial charge in [-0.15, -0.1) is 0 Å². The summed E-state index contributed by atoms with van der Waals surface area (Å²) in [5.74, 6) is -0.828. The third kappa shape index (κ3) is 3.52. The molecular weight excluding hydrogens is 346 g/mol. The molecule has 8 heteroatoms. The Hall–Kier alpha value is -2.09. The monoisotopic (exact) mass is 357 g/mol. The highest BCUT2D eigenvalue weighted by Gasteiger charge is 2.29. The number of cyclic esters (lactones) is 1. The minimum absolute atomic E-state index is 0.153. The number of nitrogens with zero attached hydrogens (tertiary/aromatic N) is 1. The van der Waals surface area contributed by atoms with Crippen LogP contribution in [-0.4, -0.2) is 49.7 Å². The number of esters is 1. The zero-order valence-electron chi connectivity index (χ0n) is 11.1. The third-order valence-corrected chi connectivity index (χ3v) is 3.47. The fraction of sp³-hybridized carbons (Fsp3) is 0.308. The van der Waals surface area contributed by atoms with E-state index in [4.69, 9.17) is 9.47 Å². The van der Waals surface area contributed by atoms with Crippen LogP contribution in [0, 0.1) is 0 Å². The summed E-state index contributed by atoms with van der Waals surface area (Å²) in [5.41, 5.74) is 0.228. The van der Waals surface area contributed by atoms with E-state index < -0.39 is 24.6 Å². The van der Waals surface area contributed by atoms with Gasteiger partial charge >= 0.3 is 12.1 Å². The van der Waals surface area contributed by atoms with Gasteiger partial charge < -0.3 is 14.2 Å². The van der Waals surface area contributed by atoms with Gasteiger partial charge in [-0.1, -0.05) is 0 Å². The molecule has 0 atom stereocenters. The van der Waals surface area contributed by atoms with Gasteiger partial charge in [0.15, 0.2) is 6.61 Å². The molecule has 21 heavy (non-hydrogen) atoms. The van der Waals surface area contributed by atoms with Crippen molar-refractivity contribution in [2.24, 2.45) is 0 Å². The van der Waals surface area contributed by atoms with Gasteiger partial charge in [-0.05, 0) is 34.1 Å². The lowest BCUT2D eigenvalue weighted by molar-refractivity contribution is -0.131. The molecule has 1 aromatic rings. The van der Waals surface area contributed by atoms with Crippen LogP contribution in [0.15, 0.2) is 22.7 Å². The van der Waals surface area contributed by atoms with Crippen LogP contribution in [0.2, 0.25) is 0 Å². The Bertz CT molecular complexity index is 588. The fourth-order valence-corrected chi connectivity index (χ4v) is 2.10. The first-order valence-electron chi connectivity index (χ1n) is 6.00. The van der Waals surface area contributed by atoms with E-state index in [9.17, 15) is 14.4 Å². The predicted molar refractivity (Wildman–Crippen MR) is 74.0 cm³/mol. The minimum Gasteiger partial charge on any atom is -0.497 e. The Balaban J connectivity index is 1.98. The van der Waals surface area contributed by atoms with Crippen LogP contribution in [0.5, 0.6) is 5.75 Å². The molecule has 0 bridgehead atoms. The quantitative estimate of drug-likeness (QED) is 0.761. The highest BCUT2D eigenvalue weighted by Crippen LogP contribution is 2.23. The molecule has 1 heterocycles. The molecule has 2 rings (SSSR count). The van der Waals surface area contributed by atoms with Gasteiger partial charge in [0.1, 0.15) is 12.4 Å². The van der Waals surface area contributed by atoms with E-state index in [1.165, 1.54) is 13.2 Å². The highest BCUT2D eigenvalue weighted by molar-refractivity contribution is 9.10. The summed E-state index contributed by atoms with van der Waals surface area (Å²) in [7, 11) is 1.47. The summed E-state index contributed by atoms with van der Waals surface area (Å²) in [6.45, 7) is -0.213. The maximum Gasteiger partial charge on any atom is 0.416 e. The number of carbonyl (C=O) groups is 3. The third-order valence-electron chi connectivity index (χ3n) is 2.78. The van der Waals surface area contributed by atoms with Crippen LogP contribution in [0.25, 0.3) is 0 Å². The van der Waals surface area contributed by atoms with Gasteiger partial charge in [0.25, 0.3) is 5.91 Å². The smallest absolute Gasteiger partial charge is 0.416 e. The Morgan fingerprint density at radius 3 is 2.81 bits per heavy atom. The summed E-state index contributed by atoms with van der Waals surface area (Å²) in [5, 5.41) is 0. The number of carbonyl (C=O) groups excluding carboxylic acids is 3. The average Bonchev–Trinajstić information content (AvgIpc) is 2.91. The molecule has 7 nitrogen and oxygen atoms in total. The maximum absolute atomic E-state index is 11.9. The molecular formula is C13H12BrNO6. The van der Waals surface area contributed by atoms with Crippen molar-refractivity contribution in [3.63, 3.8) is 0 Å². The van der Waals surface area contributed by atoms with E-state index in [1.807, 2.05) is 0 Å². The molecule has 0 radical (unpaired) electrons. The van der Waals surface area contributed by atoms with E-state index in [-0.39, 0.29) is 18.7 Å². The van der Waals surface area contributed by atoms with Crippen molar-refractivity contribution < 1.29 is 28.6 Å². The molecule has 0 saturated carbocycles. The topological polar surface area (TPSA) is 82.1 Å². The van der Waals surface area contributed by atoms with E-state index in [0.29, 0.717) is 10.2 Å². The fourth-order valence-electron chi connectivity index (χ4n) is 1.69. The lowest BCUT2D eigenvalue weighted by Gasteiger charge is -2.11. The first-order valence-corrected chi connectivity index (χ1v) is 6.80. The van der Waals surface area contributed by atoms with E-state index >= 15 is 0 Å². The second-order valence-corrected chi connectivity index (χ2v) is 4.94. The van der Waals surface area contributed by atoms with Gasteiger partial charge in [0.05, 0.1) is 19.2 Å². The van der Waals surface area contributed by atoms with Gasteiger partial charge in [0.2, 0.25) is 0 Å². The number of rotatable bonds is 4. The largest absolute Gasteiger partial charge is 0.497 e. The van der Waals surface area contributed by atoms with Crippen LogP contribution >= 0.6 is 15.9 Å². The number of amides is 2. The predicted octanol–water partition coefficient (Wildman–Crippen LogP) is 1.59. The lowest BCUT2D eigenvalue weighted by Crippen LogP contribution is -2.35. The highest BCUT2D eigenvalue weighted by atomic mass is 79.9. The molecule has 0 N–H and O–H groups in total. The number of methoxy groups -OCH3 is 1. The molecule has 2 amide bonds. The Morgan fingerprint density at radius 1 is 1.43 bits per heavy atom.